The lowest BCUT2D eigenvalue weighted by Gasteiger charge is -2.07. The van der Waals surface area contributed by atoms with E-state index >= 15 is 0 Å². The first-order valence-electron chi connectivity index (χ1n) is 5.13. The Hall–Kier alpha value is -1.07. The third-order valence-electron chi connectivity index (χ3n) is 2.37. The molecule has 0 aliphatic rings. The van der Waals surface area contributed by atoms with Gasteiger partial charge in [0.2, 0.25) is 0 Å². The van der Waals surface area contributed by atoms with Gasteiger partial charge in [0.25, 0.3) is 0 Å². The van der Waals surface area contributed by atoms with E-state index in [0.717, 1.165) is 17.1 Å². The number of nitrogens with zero attached hydrogens (tertiary/aromatic N) is 1. The molecule has 0 spiro atoms. The van der Waals surface area contributed by atoms with E-state index in [1.807, 2.05) is 13.8 Å². The lowest BCUT2D eigenvalue weighted by molar-refractivity contribution is 0.712. The third kappa shape index (κ3) is 3.89. The van der Waals surface area contributed by atoms with Crippen LogP contribution in [0.15, 0.2) is 11.0 Å². The van der Waals surface area contributed by atoms with Gasteiger partial charge in [-0.3, -0.25) is 0 Å². The van der Waals surface area contributed by atoms with E-state index in [1.165, 1.54) is 5.57 Å². The van der Waals surface area contributed by atoms with Crippen LogP contribution in [0.2, 0.25) is 0 Å². The summed E-state index contributed by atoms with van der Waals surface area (Å²) in [5.74, 6) is 6.56. The van der Waals surface area contributed by atoms with Crippen LogP contribution < -0.4 is 0 Å². The molecule has 0 radical (unpaired) electrons. The van der Waals surface area contributed by atoms with Gasteiger partial charge in [-0.1, -0.05) is 12.5 Å². The normalized spacial score (nSPS) is 13.2. The molecule has 15 heavy (non-hydrogen) atoms. The minimum Gasteiger partial charge on any atom is -0.242 e. The SMILES string of the molecule is CC#CC[C@H](C)/C(C)=C/c1csc(C)n1. The first-order chi connectivity index (χ1) is 7.13. The van der Waals surface area contributed by atoms with Crippen LogP contribution in [0.1, 0.15) is 37.9 Å². The zero-order valence-electron chi connectivity index (χ0n) is 9.79. The average Bonchev–Trinajstić information content (AvgIpc) is 2.60. The molecule has 1 aromatic heterocycles. The molecule has 1 rings (SSSR count). The molecule has 0 aliphatic carbocycles. The van der Waals surface area contributed by atoms with Gasteiger partial charge in [0.15, 0.2) is 0 Å². The van der Waals surface area contributed by atoms with E-state index < -0.39 is 0 Å². The summed E-state index contributed by atoms with van der Waals surface area (Å²) in [5.41, 5.74) is 2.43. The maximum absolute atomic E-state index is 4.42. The summed E-state index contributed by atoms with van der Waals surface area (Å²) in [6, 6.07) is 0. The maximum Gasteiger partial charge on any atom is 0.0901 e. The van der Waals surface area contributed by atoms with Crippen molar-refractivity contribution in [2.75, 3.05) is 0 Å². The van der Waals surface area contributed by atoms with Crippen LogP contribution in [-0.2, 0) is 0 Å². The molecule has 0 aromatic carbocycles. The minimum absolute atomic E-state index is 0.513. The predicted molar refractivity (Wildman–Crippen MR) is 67.7 cm³/mol. The number of aromatic nitrogens is 1. The zero-order valence-corrected chi connectivity index (χ0v) is 10.6. The van der Waals surface area contributed by atoms with Gasteiger partial charge in [0, 0.05) is 11.8 Å². The van der Waals surface area contributed by atoms with Crippen LogP contribution in [-0.4, -0.2) is 4.98 Å². The topological polar surface area (TPSA) is 12.9 Å². The summed E-state index contributed by atoms with van der Waals surface area (Å²) in [4.78, 5) is 4.42. The summed E-state index contributed by atoms with van der Waals surface area (Å²) in [7, 11) is 0. The molecule has 2 heteroatoms. The number of rotatable bonds is 3. The number of allylic oxidation sites excluding steroid dienone is 1. The van der Waals surface area contributed by atoms with Gasteiger partial charge < -0.3 is 0 Å². The van der Waals surface area contributed by atoms with E-state index in [9.17, 15) is 0 Å². The Bertz CT molecular complexity index is 404. The molecule has 1 nitrogen and oxygen atoms in total. The highest BCUT2D eigenvalue weighted by atomic mass is 32.1. The Morgan fingerprint density at radius 2 is 2.40 bits per heavy atom. The van der Waals surface area contributed by atoms with Crippen LogP contribution in [0.3, 0.4) is 0 Å². The van der Waals surface area contributed by atoms with E-state index in [-0.39, 0.29) is 0 Å². The fourth-order valence-corrected chi connectivity index (χ4v) is 1.81. The van der Waals surface area contributed by atoms with Crippen molar-refractivity contribution in [2.24, 2.45) is 5.92 Å². The second-order valence-corrected chi connectivity index (χ2v) is 4.77. The molecule has 0 N–H and O–H groups in total. The molecule has 0 unspecified atom stereocenters. The van der Waals surface area contributed by atoms with E-state index in [1.54, 1.807) is 11.3 Å². The molecular formula is C13H17NS. The molecule has 0 bridgehead atoms. The zero-order chi connectivity index (χ0) is 11.3. The van der Waals surface area contributed by atoms with Gasteiger partial charge >= 0.3 is 0 Å². The molecule has 1 aromatic rings. The Kier molecular flexibility index (Phi) is 4.58. The largest absolute Gasteiger partial charge is 0.242 e. The minimum atomic E-state index is 0.513. The van der Waals surface area contributed by atoms with Crippen LogP contribution in [0, 0.1) is 24.7 Å². The van der Waals surface area contributed by atoms with Gasteiger partial charge in [-0.2, -0.15) is 0 Å². The standard InChI is InChI=1S/C13H17NS/c1-5-6-7-10(2)11(3)8-13-9-15-12(4)14-13/h8-10H,7H2,1-4H3/b11-8+/t10-/m0/s1. The number of hydrogen-bond acceptors (Lipinski definition) is 2. The van der Waals surface area contributed by atoms with Crippen molar-refractivity contribution in [3.8, 4) is 11.8 Å². The lowest BCUT2D eigenvalue weighted by Crippen LogP contribution is -1.94. The predicted octanol–water partition coefficient (Wildman–Crippen LogP) is 3.90. The van der Waals surface area contributed by atoms with Crippen molar-refractivity contribution in [2.45, 2.75) is 34.1 Å². The van der Waals surface area contributed by atoms with E-state index in [4.69, 9.17) is 0 Å². The second-order valence-electron chi connectivity index (χ2n) is 3.71. The summed E-state index contributed by atoms with van der Waals surface area (Å²) < 4.78 is 0. The summed E-state index contributed by atoms with van der Waals surface area (Å²) >= 11 is 1.69. The van der Waals surface area contributed by atoms with Gasteiger partial charge in [-0.25, -0.2) is 4.98 Å². The fourth-order valence-electron chi connectivity index (χ4n) is 1.24. The quantitative estimate of drug-likeness (QED) is 0.702. The Labute approximate surface area is 96.3 Å². The number of aryl methyl sites for hydroxylation is 1. The van der Waals surface area contributed by atoms with Crippen molar-refractivity contribution < 1.29 is 0 Å². The number of hydrogen-bond donors (Lipinski definition) is 0. The van der Waals surface area contributed by atoms with Crippen molar-refractivity contribution in [3.05, 3.63) is 21.7 Å². The average molecular weight is 219 g/mol. The highest BCUT2D eigenvalue weighted by Crippen LogP contribution is 2.18. The molecule has 1 atom stereocenters. The summed E-state index contributed by atoms with van der Waals surface area (Å²) in [6.07, 6.45) is 3.09. The first-order valence-corrected chi connectivity index (χ1v) is 6.01. The molecule has 0 saturated heterocycles. The smallest absolute Gasteiger partial charge is 0.0901 e. The first kappa shape index (κ1) is 12.0. The highest BCUT2D eigenvalue weighted by Gasteiger charge is 2.03. The third-order valence-corrected chi connectivity index (χ3v) is 3.17. The Morgan fingerprint density at radius 3 is 2.93 bits per heavy atom. The van der Waals surface area contributed by atoms with Gasteiger partial charge in [-0.05, 0) is 32.8 Å². The Balaban J connectivity index is 2.69. The van der Waals surface area contributed by atoms with Crippen molar-refractivity contribution >= 4 is 17.4 Å². The summed E-state index contributed by atoms with van der Waals surface area (Å²) in [5, 5.41) is 3.21. The van der Waals surface area contributed by atoms with Crippen molar-refractivity contribution in [1.29, 1.82) is 0 Å². The second kappa shape index (κ2) is 5.72. The molecule has 1 heterocycles. The van der Waals surface area contributed by atoms with Gasteiger partial charge in [0.1, 0.15) is 0 Å². The van der Waals surface area contributed by atoms with Gasteiger partial charge in [-0.15, -0.1) is 23.2 Å². The molecule has 0 amide bonds. The van der Waals surface area contributed by atoms with Crippen LogP contribution in [0.4, 0.5) is 0 Å². The fraction of sp³-hybridized carbons (Fsp3) is 0.462. The lowest BCUT2D eigenvalue weighted by atomic mass is 9.98. The van der Waals surface area contributed by atoms with E-state index in [2.05, 4.69) is 42.1 Å². The molecule has 0 aliphatic heterocycles. The monoisotopic (exact) mass is 219 g/mol. The van der Waals surface area contributed by atoms with Gasteiger partial charge in [0.05, 0.1) is 10.7 Å². The van der Waals surface area contributed by atoms with Crippen LogP contribution >= 0.6 is 11.3 Å². The molecule has 80 valence electrons. The molecule has 0 saturated carbocycles. The molecule has 0 fully saturated rings. The van der Waals surface area contributed by atoms with Crippen LogP contribution in [0.25, 0.3) is 6.08 Å². The van der Waals surface area contributed by atoms with E-state index in [0.29, 0.717) is 5.92 Å². The van der Waals surface area contributed by atoms with Crippen LogP contribution in [0.5, 0.6) is 0 Å². The Morgan fingerprint density at radius 1 is 1.67 bits per heavy atom. The highest BCUT2D eigenvalue weighted by molar-refractivity contribution is 7.09. The number of thiazole rings is 1. The summed E-state index contributed by atoms with van der Waals surface area (Å²) in [6.45, 7) is 8.27. The molecular weight excluding hydrogens is 202 g/mol. The van der Waals surface area contributed by atoms with Crippen molar-refractivity contribution in [3.63, 3.8) is 0 Å². The maximum atomic E-state index is 4.42. The van der Waals surface area contributed by atoms with Crippen molar-refractivity contribution in [1.82, 2.24) is 4.98 Å².